The highest BCUT2D eigenvalue weighted by Gasteiger charge is 2.08. The van der Waals surface area contributed by atoms with E-state index in [0.29, 0.717) is 12.1 Å². The lowest BCUT2D eigenvalue weighted by Crippen LogP contribution is -2.24. The van der Waals surface area contributed by atoms with Crippen LogP contribution in [-0.2, 0) is 0 Å². The molecule has 16 heavy (non-hydrogen) atoms. The number of aromatic carboxylic acids is 1. The minimum atomic E-state index is -1.02. The molecule has 0 saturated carbocycles. The number of carbonyl (C=O) groups is 2. The Kier molecular flexibility index (Phi) is 4.51. The summed E-state index contributed by atoms with van der Waals surface area (Å²) in [4.78, 5) is 22.3. The number of rotatable bonds is 5. The lowest BCUT2D eigenvalue weighted by Gasteiger charge is -2.04. The molecule has 4 nitrogen and oxygen atoms in total. The maximum absolute atomic E-state index is 11.6. The summed E-state index contributed by atoms with van der Waals surface area (Å²) in [5.74, 6) is -1.25. The van der Waals surface area contributed by atoms with Crippen molar-refractivity contribution in [3.05, 3.63) is 35.4 Å². The molecule has 0 aliphatic heterocycles. The molecule has 0 aliphatic rings. The Labute approximate surface area is 94.3 Å². The van der Waals surface area contributed by atoms with Crippen molar-refractivity contribution >= 4 is 11.9 Å². The maximum Gasteiger partial charge on any atom is 0.335 e. The molecule has 0 aliphatic carbocycles. The Balaban J connectivity index is 2.68. The minimum absolute atomic E-state index is 0.128. The van der Waals surface area contributed by atoms with Gasteiger partial charge >= 0.3 is 5.97 Å². The molecule has 0 radical (unpaired) electrons. The molecule has 1 rings (SSSR count). The average Bonchev–Trinajstić information content (AvgIpc) is 2.29. The van der Waals surface area contributed by atoms with E-state index in [9.17, 15) is 9.59 Å². The van der Waals surface area contributed by atoms with Crippen LogP contribution in [0.4, 0.5) is 0 Å². The molecule has 1 aromatic carbocycles. The van der Waals surface area contributed by atoms with Crippen molar-refractivity contribution in [3.8, 4) is 0 Å². The van der Waals surface area contributed by atoms with Gasteiger partial charge in [0.25, 0.3) is 5.91 Å². The van der Waals surface area contributed by atoms with E-state index < -0.39 is 5.97 Å². The zero-order chi connectivity index (χ0) is 12.0. The second-order valence-electron chi connectivity index (χ2n) is 3.50. The first-order chi connectivity index (χ1) is 7.65. The highest BCUT2D eigenvalue weighted by atomic mass is 16.4. The van der Waals surface area contributed by atoms with Crippen LogP contribution in [0.3, 0.4) is 0 Å². The molecule has 86 valence electrons. The molecule has 0 spiro atoms. The summed E-state index contributed by atoms with van der Waals surface area (Å²) in [6.07, 6.45) is 1.93. The van der Waals surface area contributed by atoms with Gasteiger partial charge in [-0.3, -0.25) is 4.79 Å². The number of amides is 1. The van der Waals surface area contributed by atoms with E-state index in [2.05, 4.69) is 5.32 Å². The van der Waals surface area contributed by atoms with E-state index in [4.69, 9.17) is 5.11 Å². The van der Waals surface area contributed by atoms with E-state index in [1.807, 2.05) is 6.92 Å². The second-order valence-corrected chi connectivity index (χ2v) is 3.50. The molecular weight excluding hydrogens is 206 g/mol. The number of unbranched alkanes of at least 4 members (excludes halogenated alkanes) is 1. The lowest BCUT2D eigenvalue weighted by molar-refractivity contribution is 0.0697. The van der Waals surface area contributed by atoms with Crippen molar-refractivity contribution in [1.82, 2.24) is 5.32 Å². The topological polar surface area (TPSA) is 66.4 Å². The van der Waals surface area contributed by atoms with Crippen molar-refractivity contribution in [2.24, 2.45) is 0 Å². The Bertz CT molecular complexity index is 388. The number of carboxylic acid groups (broad SMARTS) is 1. The molecule has 0 bridgehead atoms. The summed E-state index contributed by atoms with van der Waals surface area (Å²) >= 11 is 0. The van der Waals surface area contributed by atoms with Crippen molar-refractivity contribution in [1.29, 1.82) is 0 Å². The van der Waals surface area contributed by atoms with Crippen LogP contribution in [-0.4, -0.2) is 23.5 Å². The van der Waals surface area contributed by atoms with Gasteiger partial charge in [-0.15, -0.1) is 0 Å². The lowest BCUT2D eigenvalue weighted by atomic mass is 10.1. The molecule has 4 heteroatoms. The molecular formula is C12H15NO3. The summed E-state index contributed by atoms with van der Waals surface area (Å²) in [7, 11) is 0. The largest absolute Gasteiger partial charge is 0.478 e. The third-order valence-electron chi connectivity index (χ3n) is 2.19. The van der Waals surface area contributed by atoms with Crippen LogP contribution >= 0.6 is 0 Å². The molecule has 0 aromatic heterocycles. The predicted molar refractivity (Wildman–Crippen MR) is 60.6 cm³/mol. The molecule has 0 saturated heterocycles. The molecule has 1 aromatic rings. The van der Waals surface area contributed by atoms with E-state index >= 15 is 0 Å². The van der Waals surface area contributed by atoms with Gasteiger partial charge in [0, 0.05) is 12.1 Å². The van der Waals surface area contributed by atoms with Gasteiger partial charge in [-0.1, -0.05) is 19.4 Å². The Morgan fingerprint density at radius 1 is 1.31 bits per heavy atom. The second kappa shape index (κ2) is 5.90. The zero-order valence-corrected chi connectivity index (χ0v) is 9.19. The standard InChI is InChI=1S/C12H15NO3/c1-2-3-7-13-11(14)9-5-4-6-10(8-9)12(15)16/h4-6,8H,2-3,7H2,1H3,(H,13,14)(H,15,16). The fraction of sp³-hybridized carbons (Fsp3) is 0.333. The first kappa shape index (κ1) is 12.2. The molecule has 1 amide bonds. The first-order valence-corrected chi connectivity index (χ1v) is 5.26. The summed E-state index contributed by atoms with van der Waals surface area (Å²) in [6, 6.07) is 6.01. The highest BCUT2D eigenvalue weighted by Crippen LogP contribution is 2.05. The van der Waals surface area contributed by atoms with Crippen LogP contribution in [0.2, 0.25) is 0 Å². The number of hydrogen-bond donors (Lipinski definition) is 2. The fourth-order valence-electron chi connectivity index (χ4n) is 1.27. The van der Waals surface area contributed by atoms with Gasteiger partial charge in [0.2, 0.25) is 0 Å². The summed E-state index contributed by atoms with van der Waals surface area (Å²) in [5, 5.41) is 11.5. The van der Waals surface area contributed by atoms with Gasteiger partial charge in [-0.25, -0.2) is 4.79 Å². The summed E-state index contributed by atoms with van der Waals surface area (Å²) < 4.78 is 0. The van der Waals surface area contributed by atoms with E-state index in [-0.39, 0.29) is 11.5 Å². The molecule has 0 atom stereocenters. The number of nitrogens with one attached hydrogen (secondary N) is 1. The van der Waals surface area contributed by atoms with Crippen molar-refractivity contribution in [3.63, 3.8) is 0 Å². The number of benzene rings is 1. The highest BCUT2D eigenvalue weighted by molar-refractivity contribution is 5.97. The smallest absolute Gasteiger partial charge is 0.335 e. The van der Waals surface area contributed by atoms with Gasteiger partial charge in [-0.05, 0) is 24.6 Å². The number of carboxylic acids is 1. The maximum atomic E-state index is 11.6. The molecule has 0 fully saturated rings. The van der Waals surface area contributed by atoms with E-state index in [0.717, 1.165) is 12.8 Å². The minimum Gasteiger partial charge on any atom is -0.478 e. The number of hydrogen-bond acceptors (Lipinski definition) is 2. The molecule has 2 N–H and O–H groups in total. The van der Waals surface area contributed by atoms with Crippen LogP contribution in [0.25, 0.3) is 0 Å². The van der Waals surface area contributed by atoms with Crippen molar-refractivity contribution < 1.29 is 14.7 Å². The quantitative estimate of drug-likeness (QED) is 0.746. The summed E-state index contributed by atoms with van der Waals surface area (Å²) in [6.45, 7) is 2.66. The van der Waals surface area contributed by atoms with Crippen LogP contribution in [0.1, 0.15) is 40.5 Å². The van der Waals surface area contributed by atoms with Crippen LogP contribution < -0.4 is 5.32 Å². The monoisotopic (exact) mass is 221 g/mol. The van der Waals surface area contributed by atoms with Gasteiger partial charge in [0.1, 0.15) is 0 Å². The van der Waals surface area contributed by atoms with Crippen molar-refractivity contribution in [2.75, 3.05) is 6.54 Å². The van der Waals surface area contributed by atoms with Crippen molar-refractivity contribution in [2.45, 2.75) is 19.8 Å². The van der Waals surface area contributed by atoms with E-state index in [1.165, 1.54) is 12.1 Å². The molecule has 0 unspecified atom stereocenters. The normalized spacial score (nSPS) is 9.81. The SMILES string of the molecule is CCCCNC(=O)c1cccc(C(=O)O)c1. The first-order valence-electron chi connectivity index (χ1n) is 5.26. The fourth-order valence-corrected chi connectivity index (χ4v) is 1.27. The Morgan fingerprint density at radius 3 is 2.62 bits per heavy atom. The summed E-state index contributed by atoms with van der Waals surface area (Å²) in [5.41, 5.74) is 0.513. The Morgan fingerprint density at radius 2 is 2.00 bits per heavy atom. The van der Waals surface area contributed by atoms with Crippen LogP contribution in [0, 0.1) is 0 Å². The van der Waals surface area contributed by atoms with Crippen LogP contribution in [0.5, 0.6) is 0 Å². The third-order valence-corrected chi connectivity index (χ3v) is 2.19. The predicted octanol–water partition coefficient (Wildman–Crippen LogP) is 1.91. The van der Waals surface area contributed by atoms with Gasteiger partial charge < -0.3 is 10.4 Å². The van der Waals surface area contributed by atoms with Gasteiger partial charge in [0.15, 0.2) is 0 Å². The third kappa shape index (κ3) is 3.38. The van der Waals surface area contributed by atoms with Crippen LogP contribution in [0.15, 0.2) is 24.3 Å². The Hall–Kier alpha value is -1.84. The van der Waals surface area contributed by atoms with Gasteiger partial charge in [0.05, 0.1) is 5.56 Å². The molecule has 0 heterocycles. The van der Waals surface area contributed by atoms with Gasteiger partial charge in [-0.2, -0.15) is 0 Å². The number of carbonyl (C=O) groups excluding carboxylic acids is 1. The van der Waals surface area contributed by atoms with E-state index in [1.54, 1.807) is 12.1 Å². The zero-order valence-electron chi connectivity index (χ0n) is 9.19. The average molecular weight is 221 g/mol.